The quantitative estimate of drug-likeness (QED) is 0.659. The van der Waals surface area contributed by atoms with Gasteiger partial charge in [-0.15, -0.1) is 10.2 Å². The zero-order valence-electron chi connectivity index (χ0n) is 16.5. The van der Waals surface area contributed by atoms with Crippen molar-refractivity contribution in [2.45, 2.75) is 26.4 Å². The van der Waals surface area contributed by atoms with E-state index in [1.165, 1.54) is 0 Å². The molecular weight excluding hydrogens is 352 g/mol. The molecule has 0 unspecified atom stereocenters. The van der Waals surface area contributed by atoms with Crippen LogP contribution in [0.4, 0.5) is 16.2 Å². The molecule has 0 aliphatic rings. The zero-order chi connectivity index (χ0) is 19.9. The van der Waals surface area contributed by atoms with E-state index in [1.54, 1.807) is 6.33 Å². The third-order valence-electron chi connectivity index (χ3n) is 4.72. The van der Waals surface area contributed by atoms with Crippen LogP contribution in [0.25, 0.3) is 11.4 Å². The number of aromatic nitrogens is 3. The number of hydrogen-bond acceptors (Lipinski definition) is 4. The molecule has 2 amide bonds. The number of carbonyl (C=O) groups excluding carboxylic acids is 1. The first kappa shape index (κ1) is 19.4. The number of urea groups is 1. The average molecular weight is 378 g/mol. The summed E-state index contributed by atoms with van der Waals surface area (Å²) in [5, 5.41) is 13.9. The van der Waals surface area contributed by atoms with Gasteiger partial charge in [0.25, 0.3) is 0 Å². The van der Waals surface area contributed by atoms with Crippen molar-refractivity contribution in [2.24, 2.45) is 0 Å². The Kier molecular flexibility index (Phi) is 6.26. The molecule has 0 fully saturated rings. The second-order valence-electron chi connectivity index (χ2n) is 6.65. The summed E-state index contributed by atoms with van der Waals surface area (Å²) in [5.74, 6) is 0.782. The minimum Gasteiger partial charge on any atom is -0.370 e. The molecule has 3 aromatic rings. The van der Waals surface area contributed by atoms with Crippen LogP contribution < -0.4 is 15.5 Å². The van der Waals surface area contributed by atoms with Gasteiger partial charge in [-0.25, -0.2) is 4.79 Å². The molecule has 0 radical (unpaired) electrons. The van der Waals surface area contributed by atoms with Gasteiger partial charge in [-0.3, -0.25) is 0 Å². The lowest BCUT2D eigenvalue weighted by Crippen LogP contribution is -2.41. The number of amides is 2. The number of para-hydroxylation sites is 1. The molecule has 3 rings (SSSR count). The summed E-state index contributed by atoms with van der Waals surface area (Å²) >= 11 is 0. The second-order valence-corrected chi connectivity index (χ2v) is 6.65. The number of carbonyl (C=O) groups is 1. The molecular formula is C21H26N6O. The first-order valence-electron chi connectivity index (χ1n) is 9.39. The summed E-state index contributed by atoms with van der Waals surface area (Å²) in [5.41, 5.74) is 2.74. The van der Waals surface area contributed by atoms with Crippen LogP contribution >= 0.6 is 0 Å². The fourth-order valence-electron chi connectivity index (χ4n) is 2.92. The van der Waals surface area contributed by atoms with Gasteiger partial charge in [0.1, 0.15) is 6.33 Å². The Hall–Kier alpha value is -3.35. The van der Waals surface area contributed by atoms with Crippen LogP contribution in [0.1, 0.15) is 13.8 Å². The highest BCUT2D eigenvalue weighted by Gasteiger charge is 2.12. The highest BCUT2D eigenvalue weighted by molar-refractivity contribution is 5.90. The van der Waals surface area contributed by atoms with Crippen molar-refractivity contribution in [2.75, 3.05) is 23.8 Å². The molecule has 7 nitrogen and oxygen atoms in total. The molecule has 2 aromatic carbocycles. The van der Waals surface area contributed by atoms with E-state index in [0.29, 0.717) is 12.2 Å². The number of rotatable bonds is 7. The van der Waals surface area contributed by atoms with Crippen molar-refractivity contribution < 1.29 is 4.79 Å². The van der Waals surface area contributed by atoms with Gasteiger partial charge in [-0.1, -0.05) is 30.3 Å². The zero-order valence-corrected chi connectivity index (χ0v) is 16.5. The molecule has 0 aliphatic heterocycles. The molecule has 1 atom stereocenters. The number of benzene rings is 2. The molecule has 146 valence electrons. The van der Waals surface area contributed by atoms with Crippen LogP contribution in [0.15, 0.2) is 60.9 Å². The van der Waals surface area contributed by atoms with Gasteiger partial charge >= 0.3 is 6.03 Å². The van der Waals surface area contributed by atoms with Gasteiger partial charge in [-0.2, -0.15) is 0 Å². The molecule has 0 saturated carbocycles. The molecule has 7 heteroatoms. The molecule has 0 saturated heterocycles. The number of aryl methyl sites for hydroxylation is 1. The Morgan fingerprint density at radius 1 is 1.18 bits per heavy atom. The highest BCUT2D eigenvalue weighted by Crippen LogP contribution is 2.20. The molecule has 2 N–H and O–H groups in total. The van der Waals surface area contributed by atoms with E-state index in [2.05, 4.69) is 44.8 Å². The van der Waals surface area contributed by atoms with Crippen LogP contribution in [-0.2, 0) is 6.54 Å². The number of nitrogens with one attached hydrogen (secondary N) is 2. The minimum atomic E-state index is -0.234. The summed E-state index contributed by atoms with van der Waals surface area (Å²) in [6.45, 7) is 5.43. The fourth-order valence-corrected chi connectivity index (χ4v) is 2.92. The lowest BCUT2D eigenvalue weighted by molar-refractivity contribution is 0.251. The molecule has 28 heavy (non-hydrogen) atoms. The van der Waals surface area contributed by atoms with Crippen LogP contribution in [0.2, 0.25) is 0 Å². The molecule has 0 bridgehead atoms. The average Bonchev–Trinajstić information content (AvgIpc) is 3.21. The van der Waals surface area contributed by atoms with E-state index in [4.69, 9.17) is 0 Å². The lowest BCUT2D eigenvalue weighted by Gasteiger charge is -2.27. The van der Waals surface area contributed by atoms with E-state index < -0.39 is 0 Å². The van der Waals surface area contributed by atoms with Crippen molar-refractivity contribution in [3.05, 3.63) is 60.9 Å². The summed E-state index contributed by atoms with van der Waals surface area (Å²) in [4.78, 5) is 14.5. The van der Waals surface area contributed by atoms with Gasteiger partial charge in [0.15, 0.2) is 5.82 Å². The molecule has 0 spiro atoms. The number of likely N-dealkylation sites (N-methyl/N-ethyl adjacent to an activating group) is 1. The number of hydrogen-bond donors (Lipinski definition) is 2. The lowest BCUT2D eigenvalue weighted by atomic mass is 10.2. The van der Waals surface area contributed by atoms with Gasteiger partial charge < -0.3 is 20.1 Å². The maximum atomic E-state index is 12.3. The standard InChI is InChI=1S/C21H26N6O/c1-4-27-15-23-25-20(27)17-9-8-10-18(13-17)24-21(28)22-14-16(2)26(3)19-11-6-5-7-12-19/h5-13,15-16H,4,14H2,1-3H3,(H2,22,24,28)/t16-/m0/s1. The van der Waals surface area contributed by atoms with Crippen molar-refractivity contribution >= 4 is 17.4 Å². The van der Waals surface area contributed by atoms with E-state index in [0.717, 1.165) is 23.6 Å². The Balaban J connectivity index is 1.57. The molecule has 0 aliphatic carbocycles. The minimum absolute atomic E-state index is 0.155. The summed E-state index contributed by atoms with van der Waals surface area (Å²) < 4.78 is 1.96. The van der Waals surface area contributed by atoms with Gasteiger partial charge in [0, 0.05) is 43.1 Å². The highest BCUT2D eigenvalue weighted by atomic mass is 16.2. The number of nitrogens with zero attached hydrogens (tertiary/aromatic N) is 4. The topological polar surface area (TPSA) is 75.1 Å². The van der Waals surface area contributed by atoms with Crippen molar-refractivity contribution in [1.29, 1.82) is 0 Å². The predicted octanol–water partition coefficient (Wildman–Crippen LogP) is 3.61. The van der Waals surface area contributed by atoms with Crippen molar-refractivity contribution in [3.63, 3.8) is 0 Å². The molecule has 1 aromatic heterocycles. The monoisotopic (exact) mass is 378 g/mol. The predicted molar refractivity (Wildman–Crippen MR) is 112 cm³/mol. The first-order valence-corrected chi connectivity index (χ1v) is 9.39. The van der Waals surface area contributed by atoms with Gasteiger partial charge in [-0.05, 0) is 38.1 Å². The second kappa shape index (κ2) is 9.03. The Morgan fingerprint density at radius 2 is 1.96 bits per heavy atom. The van der Waals surface area contributed by atoms with Crippen LogP contribution in [0, 0.1) is 0 Å². The van der Waals surface area contributed by atoms with Gasteiger partial charge in [0.05, 0.1) is 0 Å². The van der Waals surface area contributed by atoms with E-state index in [-0.39, 0.29) is 12.1 Å². The Labute approximate surface area is 165 Å². The summed E-state index contributed by atoms with van der Waals surface area (Å²) in [6, 6.07) is 17.6. The Bertz CT molecular complexity index is 908. The summed E-state index contributed by atoms with van der Waals surface area (Å²) in [7, 11) is 2.02. The fraction of sp³-hybridized carbons (Fsp3) is 0.286. The van der Waals surface area contributed by atoms with E-state index in [1.807, 2.05) is 61.0 Å². The van der Waals surface area contributed by atoms with Gasteiger partial charge in [0.2, 0.25) is 0 Å². The molecule has 1 heterocycles. The van der Waals surface area contributed by atoms with E-state index in [9.17, 15) is 4.79 Å². The van der Waals surface area contributed by atoms with Crippen LogP contribution in [0.3, 0.4) is 0 Å². The smallest absolute Gasteiger partial charge is 0.319 e. The third-order valence-corrected chi connectivity index (χ3v) is 4.72. The maximum Gasteiger partial charge on any atom is 0.319 e. The van der Waals surface area contributed by atoms with Crippen LogP contribution in [-0.4, -0.2) is 40.4 Å². The number of anilines is 2. The normalized spacial score (nSPS) is 11.7. The summed E-state index contributed by atoms with van der Waals surface area (Å²) in [6.07, 6.45) is 1.70. The van der Waals surface area contributed by atoms with Crippen molar-refractivity contribution in [3.8, 4) is 11.4 Å². The largest absolute Gasteiger partial charge is 0.370 e. The maximum absolute atomic E-state index is 12.3. The van der Waals surface area contributed by atoms with E-state index >= 15 is 0 Å². The Morgan fingerprint density at radius 3 is 2.71 bits per heavy atom. The first-order chi connectivity index (χ1) is 13.6. The SMILES string of the molecule is CCn1cnnc1-c1cccc(NC(=O)NC[C@H](C)N(C)c2ccccc2)c1. The third kappa shape index (κ3) is 4.68. The van der Waals surface area contributed by atoms with Crippen LogP contribution in [0.5, 0.6) is 0 Å². The van der Waals surface area contributed by atoms with Crippen molar-refractivity contribution in [1.82, 2.24) is 20.1 Å².